The lowest BCUT2D eigenvalue weighted by molar-refractivity contribution is 0.127. The Labute approximate surface area is 123 Å². The highest BCUT2D eigenvalue weighted by atomic mass is 79.9. The molecule has 1 aliphatic rings. The summed E-state index contributed by atoms with van der Waals surface area (Å²) >= 11 is 3.48. The molecule has 0 bridgehead atoms. The third kappa shape index (κ3) is 4.28. The van der Waals surface area contributed by atoms with Gasteiger partial charge in [0.2, 0.25) is 0 Å². The number of benzene rings is 1. The van der Waals surface area contributed by atoms with E-state index in [2.05, 4.69) is 33.0 Å². The highest BCUT2D eigenvalue weighted by molar-refractivity contribution is 9.10. The zero-order valence-electron chi connectivity index (χ0n) is 11.4. The quantitative estimate of drug-likeness (QED) is 0.874. The summed E-state index contributed by atoms with van der Waals surface area (Å²) in [5, 5.41) is 9.60. The van der Waals surface area contributed by atoms with Crippen LogP contribution in [0, 0.1) is 5.92 Å². The van der Waals surface area contributed by atoms with Crippen LogP contribution in [0.4, 0.5) is 0 Å². The van der Waals surface area contributed by atoms with Crippen molar-refractivity contribution in [2.75, 3.05) is 19.6 Å². The smallest absolute Gasteiger partial charge is 0.0552 e. The van der Waals surface area contributed by atoms with E-state index in [0.29, 0.717) is 5.92 Å². The molecule has 0 amide bonds. The van der Waals surface area contributed by atoms with E-state index in [1.165, 1.54) is 5.56 Å². The largest absolute Gasteiger partial charge is 0.393 e. The molecule has 3 N–H and O–H groups in total. The van der Waals surface area contributed by atoms with Crippen molar-refractivity contribution in [3.63, 3.8) is 0 Å². The summed E-state index contributed by atoms with van der Waals surface area (Å²) in [6.07, 6.45) is 1.87. The van der Waals surface area contributed by atoms with Gasteiger partial charge < -0.3 is 15.7 Å². The summed E-state index contributed by atoms with van der Waals surface area (Å²) in [4.78, 5) is 2.41. The van der Waals surface area contributed by atoms with Crippen molar-refractivity contribution in [1.82, 2.24) is 4.90 Å². The molecular formula is C15H23BrN2O. The van der Waals surface area contributed by atoms with Gasteiger partial charge >= 0.3 is 0 Å². The molecule has 3 nitrogen and oxygen atoms in total. The predicted molar refractivity (Wildman–Crippen MR) is 81.9 cm³/mol. The van der Waals surface area contributed by atoms with Crippen LogP contribution in [0.15, 0.2) is 28.7 Å². The Morgan fingerprint density at radius 2 is 2.32 bits per heavy atom. The van der Waals surface area contributed by atoms with Crippen LogP contribution in [0.25, 0.3) is 0 Å². The maximum Gasteiger partial charge on any atom is 0.0552 e. The zero-order chi connectivity index (χ0) is 13.8. The van der Waals surface area contributed by atoms with E-state index in [9.17, 15) is 5.11 Å². The minimum atomic E-state index is -0.191. The van der Waals surface area contributed by atoms with Crippen molar-refractivity contribution < 1.29 is 5.11 Å². The molecule has 0 aromatic heterocycles. The molecular weight excluding hydrogens is 304 g/mol. The van der Waals surface area contributed by atoms with Gasteiger partial charge in [0, 0.05) is 17.1 Å². The van der Waals surface area contributed by atoms with E-state index in [1.807, 2.05) is 19.1 Å². The Morgan fingerprint density at radius 1 is 1.53 bits per heavy atom. The molecule has 2 rings (SSSR count). The van der Waals surface area contributed by atoms with Gasteiger partial charge in [0.05, 0.1) is 6.10 Å². The maximum absolute atomic E-state index is 9.60. The third-order valence-corrected chi connectivity index (χ3v) is 4.52. The molecule has 0 aliphatic carbocycles. The van der Waals surface area contributed by atoms with E-state index < -0.39 is 0 Å². The summed E-state index contributed by atoms with van der Waals surface area (Å²) in [5.74, 6) is 0.432. The monoisotopic (exact) mass is 326 g/mol. The van der Waals surface area contributed by atoms with Crippen LogP contribution in [0.5, 0.6) is 0 Å². The van der Waals surface area contributed by atoms with Crippen molar-refractivity contribution in [3.8, 4) is 0 Å². The normalized spacial score (nSPS) is 23.5. The van der Waals surface area contributed by atoms with E-state index >= 15 is 0 Å². The van der Waals surface area contributed by atoms with Crippen LogP contribution in [-0.2, 0) is 0 Å². The van der Waals surface area contributed by atoms with E-state index in [0.717, 1.165) is 36.9 Å². The number of likely N-dealkylation sites (tertiary alicyclic amines) is 1. The first kappa shape index (κ1) is 15.0. The van der Waals surface area contributed by atoms with Gasteiger partial charge in [-0.2, -0.15) is 0 Å². The van der Waals surface area contributed by atoms with Gasteiger partial charge in [0.1, 0.15) is 0 Å². The average Bonchev–Trinajstić information content (AvgIpc) is 2.85. The number of rotatable bonds is 5. The van der Waals surface area contributed by atoms with E-state index in [4.69, 9.17) is 5.73 Å². The molecule has 1 aromatic carbocycles. The van der Waals surface area contributed by atoms with Crippen LogP contribution in [0.3, 0.4) is 0 Å². The van der Waals surface area contributed by atoms with Crippen LogP contribution in [-0.4, -0.2) is 35.7 Å². The fraction of sp³-hybridized carbons (Fsp3) is 0.600. The number of aliphatic hydroxyl groups excluding tert-OH is 1. The molecule has 106 valence electrons. The number of nitrogens with two attached hydrogens (primary N) is 1. The van der Waals surface area contributed by atoms with E-state index in [1.54, 1.807) is 0 Å². The molecule has 3 unspecified atom stereocenters. The summed E-state index contributed by atoms with van der Waals surface area (Å²) in [6, 6.07) is 8.30. The first-order valence-corrected chi connectivity index (χ1v) is 7.77. The summed E-state index contributed by atoms with van der Waals surface area (Å²) < 4.78 is 1.08. The van der Waals surface area contributed by atoms with Gasteiger partial charge in [-0.15, -0.1) is 0 Å². The van der Waals surface area contributed by atoms with Crippen molar-refractivity contribution in [3.05, 3.63) is 34.3 Å². The van der Waals surface area contributed by atoms with Crippen LogP contribution in [0.1, 0.15) is 31.4 Å². The highest BCUT2D eigenvalue weighted by Crippen LogP contribution is 2.23. The summed E-state index contributed by atoms with van der Waals surface area (Å²) in [7, 11) is 0. The minimum Gasteiger partial charge on any atom is -0.393 e. The predicted octanol–water partition coefficient (Wildman–Crippen LogP) is 2.54. The van der Waals surface area contributed by atoms with Crippen molar-refractivity contribution in [2.24, 2.45) is 11.7 Å². The lowest BCUT2D eigenvalue weighted by Crippen LogP contribution is -2.27. The highest BCUT2D eigenvalue weighted by Gasteiger charge is 2.25. The van der Waals surface area contributed by atoms with Crippen LogP contribution >= 0.6 is 15.9 Å². The number of hydrogen-bond donors (Lipinski definition) is 2. The molecule has 1 aliphatic heterocycles. The third-order valence-electron chi connectivity index (χ3n) is 4.02. The average molecular weight is 327 g/mol. The number of halogens is 1. The number of nitrogens with zero attached hydrogens (tertiary/aromatic N) is 1. The standard InChI is InChI=1S/C15H23BrN2O/c1-11(19)13-5-7-18(10-13)8-6-15(17)12-3-2-4-14(16)9-12/h2-4,9,11,13,15,19H,5-8,10,17H2,1H3. The Morgan fingerprint density at radius 3 is 2.95 bits per heavy atom. The van der Waals surface area contributed by atoms with Crippen molar-refractivity contribution in [1.29, 1.82) is 0 Å². The molecule has 0 radical (unpaired) electrons. The lowest BCUT2D eigenvalue weighted by atomic mass is 10.0. The van der Waals surface area contributed by atoms with Gasteiger partial charge in [-0.3, -0.25) is 0 Å². The first-order chi connectivity index (χ1) is 9.06. The Hall–Kier alpha value is -0.420. The van der Waals surface area contributed by atoms with Crippen LogP contribution in [0.2, 0.25) is 0 Å². The van der Waals surface area contributed by atoms with Crippen molar-refractivity contribution in [2.45, 2.75) is 31.9 Å². The second-order valence-electron chi connectivity index (χ2n) is 5.54. The molecule has 1 aromatic rings. The van der Waals surface area contributed by atoms with Gasteiger partial charge in [0.15, 0.2) is 0 Å². The molecule has 0 saturated carbocycles. The SMILES string of the molecule is CC(O)C1CCN(CCC(N)c2cccc(Br)c2)C1. The maximum atomic E-state index is 9.60. The van der Waals surface area contributed by atoms with E-state index in [-0.39, 0.29) is 12.1 Å². The zero-order valence-corrected chi connectivity index (χ0v) is 13.0. The molecule has 3 atom stereocenters. The minimum absolute atomic E-state index is 0.0862. The Bertz CT molecular complexity index is 411. The molecule has 4 heteroatoms. The van der Waals surface area contributed by atoms with Crippen LogP contribution < -0.4 is 5.73 Å². The summed E-state index contributed by atoms with van der Waals surface area (Å²) in [6.45, 7) is 4.99. The summed E-state index contributed by atoms with van der Waals surface area (Å²) in [5.41, 5.74) is 7.42. The molecule has 19 heavy (non-hydrogen) atoms. The second-order valence-corrected chi connectivity index (χ2v) is 6.46. The first-order valence-electron chi connectivity index (χ1n) is 6.97. The lowest BCUT2D eigenvalue weighted by Gasteiger charge is -2.20. The fourth-order valence-electron chi connectivity index (χ4n) is 2.69. The number of aliphatic hydroxyl groups is 1. The molecule has 1 saturated heterocycles. The Balaban J connectivity index is 1.80. The van der Waals surface area contributed by atoms with Gasteiger partial charge in [-0.1, -0.05) is 28.1 Å². The molecule has 1 heterocycles. The van der Waals surface area contributed by atoms with Gasteiger partial charge in [0.25, 0.3) is 0 Å². The van der Waals surface area contributed by atoms with Gasteiger partial charge in [-0.25, -0.2) is 0 Å². The number of hydrogen-bond acceptors (Lipinski definition) is 3. The molecule has 1 fully saturated rings. The fourth-order valence-corrected chi connectivity index (χ4v) is 3.10. The second kappa shape index (κ2) is 6.84. The Kier molecular flexibility index (Phi) is 5.39. The van der Waals surface area contributed by atoms with Gasteiger partial charge in [-0.05, 0) is 56.5 Å². The topological polar surface area (TPSA) is 49.5 Å². The molecule has 0 spiro atoms. The van der Waals surface area contributed by atoms with Crippen molar-refractivity contribution >= 4 is 15.9 Å².